The third-order valence-electron chi connectivity index (χ3n) is 3.74. The Kier molecular flexibility index (Phi) is 1.26. The fraction of sp³-hybridized carbons (Fsp3) is 0.800. The van der Waals surface area contributed by atoms with Crippen LogP contribution >= 0.6 is 0 Å². The Balaban J connectivity index is 2.34. The first-order chi connectivity index (χ1) is 5.03. The first-order valence-electron chi connectivity index (χ1n) is 4.40. The van der Waals surface area contributed by atoms with Crippen molar-refractivity contribution in [3.63, 3.8) is 0 Å². The molecule has 0 aliphatic heterocycles. The first kappa shape index (κ1) is 7.35. The summed E-state index contributed by atoms with van der Waals surface area (Å²) in [6, 6.07) is 0. The Morgan fingerprint density at radius 1 is 1.55 bits per heavy atom. The number of aliphatic hydroxyl groups is 1. The molecule has 1 N–H and O–H groups in total. The molecule has 0 heterocycles. The van der Waals surface area contributed by atoms with Gasteiger partial charge >= 0.3 is 0 Å². The molecule has 0 saturated heterocycles. The maximum absolute atomic E-state index is 9.65. The number of hydrogen-bond acceptors (Lipinski definition) is 1. The molecule has 0 aromatic heterocycles. The minimum absolute atomic E-state index is 0.171. The highest BCUT2D eigenvalue weighted by atomic mass is 16.3. The molecule has 0 aromatic carbocycles. The topological polar surface area (TPSA) is 20.2 Å². The van der Waals surface area contributed by atoms with Gasteiger partial charge < -0.3 is 5.11 Å². The Hall–Kier alpha value is -0.300. The molecule has 1 saturated carbocycles. The van der Waals surface area contributed by atoms with Crippen molar-refractivity contribution in [2.75, 3.05) is 0 Å². The summed E-state index contributed by atoms with van der Waals surface area (Å²) in [7, 11) is 0. The van der Waals surface area contributed by atoms with Crippen LogP contribution in [0.2, 0.25) is 0 Å². The number of hydrogen-bond donors (Lipinski definition) is 1. The summed E-state index contributed by atoms with van der Waals surface area (Å²) in [5.74, 6) is 1.27. The van der Waals surface area contributed by atoms with Crippen LogP contribution in [0, 0.1) is 17.3 Å². The van der Waals surface area contributed by atoms with Crippen molar-refractivity contribution in [2.45, 2.75) is 33.3 Å². The Labute approximate surface area is 68.1 Å². The van der Waals surface area contributed by atoms with Crippen LogP contribution in [0.15, 0.2) is 11.6 Å². The van der Waals surface area contributed by atoms with E-state index in [1.807, 2.05) is 6.08 Å². The Bertz CT molecular complexity index is 215. The van der Waals surface area contributed by atoms with Gasteiger partial charge in [-0.2, -0.15) is 0 Å². The Morgan fingerprint density at radius 3 is 2.55 bits per heavy atom. The second-order valence-corrected chi connectivity index (χ2v) is 4.62. The second kappa shape index (κ2) is 1.89. The van der Waals surface area contributed by atoms with E-state index in [1.54, 1.807) is 0 Å². The van der Waals surface area contributed by atoms with Gasteiger partial charge in [0.1, 0.15) is 0 Å². The minimum atomic E-state index is -0.171. The third-order valence-corrected chi connectivity index (χ3v) is 3.74. The highest BCUT2D eigenvalue weighted by Crippen LogP contribution is 2.58. The van der Waals surface area contributed by atoms with Gasteiger partial charge in [0.25, 0.3) is 0 Å². The molecule has 1 unspecified atom stereocenters. The predicted molar refractivity (Wildman–Crippen MR) is 45.1 cm³/mol. The summed E-state index contributed by atoms with van der Waals surface area (Å²) < 4.78 is 0. The van der Waals surface area contributed by atoms with Crippen molar-refractivity contribution in [1.82, 2.24) is 0 Å². The lowest BCUT2D eigenvalue weighted by atomic mass is 9.48. The van der Waals surface area contributed by atoms with Crippen molar-refractivity contribution in [3.05, 3.63) is 11.6 Å². The lowest BCUT2D eigenvalue weighted by Gasteiger charge is -2.57. The van der Waals surface area contributed by atoms with Gasteiger partial charge in [0.2, 0.25) is 0 Å². The van der Waals surface area contributed by atoms with E-state index in [0.29, 0.717) is 11.3 Å². The molecule has 1 fully saturated rings. The highest BCUT2D eigenvalue weighted by molar-refractivity contribution is 5.24. The maximum atomic E-state index is 9.65. The van der Waals surface area contributed by atoms with Crippen LogP contribution in [0.1, 0.15) is 27.2 Å². The minimum Gasteiger partial charge on any atom is -0.389 e. The maximum Gasteiger partial charge on any atom is 0.0757 e. The molecule has 3 atom stereocenters. The molecule has 11 heavy (non-hydrogen) atoms. The van der Waals surface area contributed by atoms with Crippen LogP contribution in [0.3, 0.4) is 0 Å². The van der Waals surface area contributed by atoms with Gasteiger partial charge in [0, 0.05) is 0 Å². The van der Waals surface area contributed by atoms with Crippen LogP contribution in [0.5, 0.6) is 0 Å². The zero-order chi connectivity index (χ0) is 8.22. The molecule has 2 bridgehead atoms. The Morgan fingerprint density at radius 2 is 2.18 bits per heavy atom. The molecular formula is C10H16O. The van der Waals surface area contributed by atoms with Gasteiger partial charge in [-0.15, -0.1) is 0 Å². The van der Waals surface area contributed by atoms with Gasteiger partial charge in [0.15, 0.2) is 0 Å². The first-order valence-corrected chi connectivity index (χ1v) is 4.40. The quantitative estimate of drug-likeness (QED) is 0.526. The normalized spacial score (nSPS) is 46.2. The average Bonchev–Trinajstić information content (AvgIpc) is 1.84. The van der Waals surface area contributed by atoms with Gasteiger partial charge in [0.05, 0.1) is 6.10 Å². The van der Waals surface area contributed by atoms with E-state index in [0.717, 1.165) is 5.92 Å². The van der Waals surface area contributed by atoms with Crippen LogP contribution < -0.4 is 0 Å². The standard InChI is InChI=1S/C10H16O/c1-6-4-9(11)8-5-7(6)10(8,2)3/h4,7-9,11H,5H2,1-3H3/t7-,8-,9?/m1/s1. The molecule has 3 aliphatic rings. The lowest BCUT2D eigenvalue weighted by Crippen LogP contribution is -2.53. The summed E-state index contributed by atoms with van der Waals surface area (Å²) >= 11 is 0. The van der Waals surface area contributed by atoms with E-state index >= 15 is 0 Å². The summed E-state index contributed by atoms with van der Waals surface area (Å²) in [5, 5.41) is 9.65. The zero-order valence-electron chi connectivity index (χ0n) is 7.46. The molecule has 3 aliphatic carbocycles. The molecule has 0 radical (unpaired) electrons. The van der Waals surface area contributed by atoms with Crippen LogP contribution in [0.4, 0.5) is 0 Å². The average molecular weight is 152 g/mol. The summed E-state index contributed by atoms with van der Waals surface area (Å²) in [4.78, 5) is 0. The van der Waals surface area contributed by atoms with Crippen LogP contribution in [-0.2, 0) is 0 Å². The number of fused-ring (bicyclic) bond motifs is 1. The van der Waals surface area contributed by atoms with E-state index in [2.05, 4.69) is 20.8 Å². The lowest BCUT2D eigenvalue weighted by molar-refractivity contribution is -0.0760. The van der Waals surface area contributed by atoms with Crippen molar-refractivity contribution in [3.8, 4) is 0 Å². The third kappa shape index (κ3) is 0.750. The zero-order valence-corrected chi connectivity index (χ0v) is 7.46. The van der Waals surface area contributed by atoms with Gasteiger partial charge in [-0.05, 0) is 30.6 Å². The largest absolute Gasteiger partial charge is 0.389 e. The van der Waals surface area contributed by atoms with Crippen molar-refractivity contribution in [1.29, 1.82) is 0 Å². The van der Waals surface area contributed by atoms with Gasteiger partial charge in [-0.1, -0.05) is 25.5 Å². The van der Waals surface area contributed by atoms with Crippen LogP contribution in [-0.4, -0.2) is 11.2 Å². The predicted octanol–water partition coefficient (Wildman–Crippen LogP) is 1.97. The van der Waals surface area contributed by atoms with Crippen molar-refractivity contribution < 1.29 is 5.11 Å². The molecular weight excluding hydrogens is 136 g/mol. The van der Waals surface area contributed by atoms with Crippen molar-refractivity contribution in [2.24, 2.45) is 17.3 Å². The summed E-state index contributed by atoms with van der Waals surface area (Å²) in [6.07, 6.45) is 3.07. The SMILES string of the molecule is CC1=CC(O)[C@H]2C[C@H]1C2(C)C. The van der Waals surface area contributed by atoms with Gasteiger partial charge in [-0.25, -0.2) is 0 Å². The van der Waals surface area contributed by atoms with E-state index < -0.39 is 0 Å². The molecule has 1 heteroatoms. The number of allylic oxidation sites excluding steroid dienone is 1. The number of aliphatic hydroxyl groups excluding tert-OH is 1. The monoisotopic (exact) mass is 152 g/mol. The fourth-order valence-electron chi connectivity index (χ4n) is 2.81. The smallest absolute Gasteiger partial charge is 0.0757 e. The number of rotatable bonds is 0. The van der Waals surface area contributed by atoms with E-state index in [1.165, 1.54) is 12.0 Å². The van der Waals surface area contributed by atoms with Crippen LogP contribution in [0.25, 0.3) is 0 Å². The van der Waals surface area contributed by atoms with E-state index in [9.17, 15) is 5.11 Å². The molecule has 0 amide bonds. The molecule has 0 spiro atoms. The molecule has 0 aromatic rings. The highest BCUT2D eigenvalue weighted by Gasteiger charge is 2.53. The summed E-state index contributed by atoms with van der Waals surface area (Å²) in [5.41, 5.74) is 1.75. The van der Waals surface area contributed by atoms with Gasteiger partial charge in [-0.3, -0.25) is 0 Å². The van der Waals surface area contributed by atoms with E-state index in [4.69, 9.17) is 0 Å². The second-order valence-electron chi connectivity index (χ2n) is 4.62. The van der Waals surface area contributed by atoms with Crippen molar-refractivity contribution >= 4 is 0 Å². The molecule has 1 nitrogen and oxygen atoms in total. The van der Waals surface area contributed by atoms with E-state index in [-0.39, 0.29) is 6.10 Å². The fourth-order valence-corrected chi connectivity index (χ4v) is 2.81. The molecule has 3 rings (SSSR count). The molecule has 62 valence electrons. The summed E-state index contributed by atoms with van der Waals surface area (Å²) in [6.45, 7) is 6.68.